The van der Waals surface area contributed by atoms with Crippen molar-refractivity contribution >= 4 is 41.2 Å². The van der Waals surface area contributed by atoms with Gasteiger partial charge in [-0.2, -0.15) is 0 Å². The fraction of sp³-hybridized carbons (Fsp3) is 0.750. The van der Waals surface area contributed by atoms with Crippen molar-refractivity contribution in [2.45, 2.75) is 71.9 Å². The summed E-state index contributed by atoms with van der Waals surface area (Å²) in [4.78, 5) is 49.3. The number of carbonyl (C=O) groups is 4. The first kappa shape index (κ1) is 49.1. The molecule has 0 spiro atoms. The van der Waals surface area contributed by atoms with E-state index in [9.17, 15) is 19.2 Å². The second-order valence-electron chi connectivity index (χ2n) is 11.7. The number of rotatable bonds is 21. The molecule has 0 aromatic carbocycles. The molecule has 276 valence electrons. The number of likely N-dealkylation sites (N-methyl/N-ethyl adjacent to an activating group) is 1. The third kappa shape index (κ3) is 20.0. The van der Waals surface area contributed by atoms with Crippen LogP contribution in [0.15, 0.2) is 24.8 Å². The van der Waals surface area contributed by atoms with E-state index in [4.69, 9.17) is 31.3 Å². The lowest BCUT2D eigenvalue weighted by molar-refractivity contribution is -0.139. The van der Waals surface area contributed by atoms with Crippen LogP contribution in [0, 0.1) is 11.3 Å². The first-order valence-electron chi connectivity index (χ1n) is 15.5. The van der Waals surface area contributed by atoms with Gasteiger partial charge in [-0.05, 0) is 38.7 Å². The average molecular weight is 709 g/mol. The van der Waals surface area contributed by atoms with E-state index in [-0.39, 0.29) is 29.5 Å². The number of ether oxygens (including phenoxy) is 1. The number of carbonyl (C=O) groups excluding carboxylic acids is 4. The first-order chi connectivity index (χ1) is 21.8. The summed E-state index contributed by atoms with van der Waals surface area (Å²) in [6.45, 7) is 14.5. The Morgan fingerprint density at radius 2 is 1.21 bits per heavy atom. The molecule has 0 aliphatic heterocycles. The van der Waals surface area contributed by atoms with Crippen molar-refractivity contribution in [3.8, 4) is 0 Å². The number of nitrogens with zero attached hydrogens (tertiary/aromatic N) is 2. The molecule has 0 N–H and O–H groups in total. The normalized spacial score (nSPS) is 12.0. The Hall–Kier alpha value is -2.25. The summed E-state index contributed by atoms with van der Waals surface area (Å²) < 4.78 is 36.8. The molecule has 2 amide bonds. The monoisotopic (exact) mass is 708 g/mol. The smallest absolute Gasteiger partial charge is 0.462 e. The molecule has 0 aromatic rings. The van der Waals surface area contributed by atoms with Crippen LogP contribution in [0.25, 0.3) is 0 Å². The molecule has 0 aliphatic rings. The van der Waals surface area contributed by atoms with Gasteiger partial charge >= 0.3 is 23.6 Å². The summed E-state index contributed by atoms with van der Waals surface area (Å²) >= 11 is 0. The summed E-state index contributed by atoms with van der Waals surface area (Å²) in [6, 6.07) is 1.21. The van der Waals surface area contributed by atoms with Crippen LogP contribution in [0.4, 0.5) is 0 Å². The Morgan fingerprint density at radius 3 is 1.51 bits per heavy atom. The highest BCUT2D eigenvalue weighted by molar-refractivity contribution is 6.60. The van der Waals surface area contributed by atoms with Crippen molar-refractivity contribution in [3.63, 3.8) is 0 Å². The highest BCUT2D eigenvalue weighted by Crippen LogP contribution is 2.31. The van der Waals surface area contributed by atoms with Crippen molar-refractivity contribution < 1.29 is 50.5 Å². The number of hydrogen-bond acceptors (Lipinski definition) is 11. The average Bonchev–Trinajstić information content (AvgIpc) is 3.05. The van der Waals surface area contributed by atoms with Crippen molar-refractivity contribution in [1.82, 2.24) is 9.80 Å². The lowest BCUT2D eigenvalue weighted by atomic mass is 9.77. The fourth-order valence-corrected chi connectivity index (χ4v) is 7.59. The maximum absolute atomic E-state index is 12.6. The van der Waals surface area contributed by atoms with E-state index < -0.39 is 23.0 Å². The summed E-state index contributed by atoms with van der Waals surface area (Å²) in [5.41, 5.74) is -0.127. The topological polar surface area (TPSA) is 139 Å². The third-order valence-electron chi connectivity index (χ3n) is 7.37. The minimum Gasteiger partial charge on any atom is -0.462 e. The summed E-state index contributed by atoms with van der Waals surface area (Å²) in [5, 5.41) is 0. The van der Waals surface area contributed by atoms with Crippen LogP contribution in [0.2, 0.25) is 12.1 Å². The van der Waals surface area contributed by atoms with Crippen molar-refractivity contribution in [1.29, 1.82) is 0 Å². The zero-order valence-corrected chi connectivity index (χ0v) is 33.6. The van der Waals surface area contributed by atoms with Gasteiger partial charge in [-0.1, -0.05) is 33.9 Å². The van der Waals surface area contributed by atoms with Gasteiger partial charge in [-0.25, -0.2) is 4.79 Å². The van der Waals surface area contributed by atoms with E-state index in [0.29, 0.717) is 50.0 Å². The lowest BCUT2D eigenvalue weighted by Crippen LogP contribution is -2.42. The molecule has 0 radical (unpaired) electrons. The SMILES string of the molecule is C=C(C)C(=O)OCCC[Si](OC)(OC)OC.C=CC(=O)N(C)C.CCC(CC(C)(C)C(=O)CCC[Si](OC)(OC)OC)C(=O)N(C)C. The van der Waals surface area contributed by atoms with Crippen LogP contribution < -0.4 is 0 Å². The van der Waals surface area contributed by atoms with Crippen LogP contribution in [0.1, 0.15) is 59.8 Å². The third-order valence-corrected chi connectivity index (χ3v) is 13.0. The molecule has 0 bridgehead atoms. The van der Waals surface area contributed by atoms with Gasteiger partial charge in [0, 0.05) is 106 Å². The van der Waals surface area contributed by atoms with Gasteiger partial charge in [0.05, 0.1) is 6.61 Å². The van der Waals surface area contributed by atoms with Gasteiger partial charge in [0.15, 0.2) is 0 Å². The second kappa shape index (κ2) is 25.7. The van der Waals surface area contributed by atoms with Gasteiger partial charge in [0.2, 0.25) is 11.8 Å². The van der Waals surface area contributed by atoms with Crippen molar-refractivity contribution in [3.05, 3.63) is 24.8 Å². The molecule has 47 heavy (non-hydrogen) atoms. The molecular weight excluding hydrogens is 645 g/mol. The summed E-state index contributed by atoms with van der Waals surface area (Å²) in [7, 11) is 11.1. The van der Waals surface area contributed by atoms with E-state index >= 15 is 0 Å². The van der Waals surface area contributed by atoms with Crippen molar-refractivity contribution in [2.24, 2.45) is 11.3 Å². The van der Waals surface area contributed by atoms with Crippen LogP contribution in [-0.2, 0) is 50.5 Å². The Labute approximate surface area is 286 Å². The maximum atomic E-state index is 12.6. The molecule has 0 heterocycles. The molecule has 1 unspecified atom stereocenters. The van der Waals surface area contributed by atoms with E-state index in [0.717, 1.165) is 6.42 Å². The van der Waals surface area contributed by atoms with Gasteiger partial charge in [-0.15, -0.1) is 0 Å². The standard InChI is InChI=1S/C17H35NO5Si.C10H20O5Si.C5H9NO/c1-9-14(16(20)18(4)5)13-17(2,3)15(19)11-10-12-24(21-6,22-7)23-8;1-9(2)10(11)15-7-6-8-16(12-3,13-4)14-5;1-4-5(7)6(2)3/h14H,9-13H2,1-8H3;1,6-8H2,2-5H3;4H,1H2,2-3H3. The zero-order valence-electron chi connectivity index (χ0n) is 31.6. The van der Waals surface area contributed by atoms with Crippen molar-refractivity contribution in [2.75, 3.05) is 77.5 Å². The predicted molar refractivity (Wildman–Crippen MR) is 188 cm³/mol. The lowest BCUT2D eigenvalue weighted by Gasteiger charge is -2.29. The van der Waals surface area contributed by atoms with Gasteiger partial charge in [0.25, 0.3) is 0 Å². The maximum Gasteiger partial charge on any atom is 0.500 e. The van der Waals surface area contributed by atoms with Crippen LogP contribution in [0.3, 0.4) is 0 Å². The minimum atomic E-state index is -2.63. The molecule has 0 saturated carbocycles. The molecule has 0 aromatic heterocycles. The molecule has 15 heteroatoms. The Kier molecular flexibility index (Phi) is 26.9. The number of Topliss-reactive ketones (excluding diaryl/α,β-unsaturated/α-hetero) is 1. The van der Waals surface area contributed by atoms with Gasteiger partial charge in [0.1, 0.15) is 5.78 Å². The predicted octanol–water partition coefficient (Wildman–Crippen LogP) is 4.38. The molecule has 0 saturated heterocycles. The van der Waals surface area contributed by atoms with Gasteiger partial charge < -0.3 is 41.1 Å². The van der Waals surface area contributed by atoms with Crippen LogP contribution >= 0.6 is 0 Å². The van der Waals surface area contributed by atoms with E-state index in [1.54, 1.807) is 82.7 Å². The molecule has 0 rings (SSSR count). The number of amides is 2. The Bertz CT molecular complexity index is 935. The molecule has 13 nitrogen and oxygen atoms in total. The molecule has 0 aliphatic carbocycles. The van der Waals surface area contributed by atoms with Crippen LogP contribution in [0.5, 0.6) is 0 Å². The number of esters is 1. The van der Waals surface area contributed by atoms with E-state index in [1.165, 1.54) is 11.0 Å². The zero-order chi connectivity index (χ0) is 37.4. The first-order valence-corrected chi connectivity index (χ1v) is 19.4. The molecule has 0 fully saturated rings. The minimum absolute atomic E-state index is 0.0556. The molecule has 1 atom stereocenters. The second-order valence-corrected chi connectivity index (χ2v) is 17.9. The largest absolute Gasteiger partial charge is 0.500 e. The highest BCUT2D eigenvalue weighted by Gasteiger charge is 2.39. The Morgan fingerprint density at radius 1 is 0.787 bits per heavy atom. The quantitative estimate of drug-likeness (QED) is 0.0727. The number of hydrogen-bond donors (Lipinski definition) is 0. The van der Waals surface area contributed by atoms with Crippen LogP contribution in [-0.4, -0.2) is 128 Å². The fourth-order valence-electron chi connectivity index (χ4n) is 4.18. The highest BCUT2D eigenvalue weighted by atomic mass is 28.4. The summed E-state index contributed by atoms with van der Waals surface area (Å²) in [6.07, 6.45) is 4.31. The summed E-state index contributed by atoms with van der Waals surface area (Å²) in [5.74, 6) is -0.300. The van der Waals surface area contributed by atoms with E-state index in [2.05, 4.69) is 13.2 Å². The Balaban J connectivity index is -0.000000719. The molecular formula is C32H64N2O11Si2. The number of ketones is 1. The van der Waals surface area contributed by atoms with E-state index in [1.807, 2.05) is 20.8 Å². The van der Waals surface area contributed by atoms with Gasteiger partial charge in [-0.3, -0.25) is 14.4 Å².